The summed E-state index contributed by atoms with van der Waals surface area (Å²) in [7, 11) is 0. The van der Waals surface area contributed by atoms with Crippen LogP contribution in [0.15, 0.2) is 60.0 Å². The monoisotopic (exact) mass is 382 g/mol. The Labute approximate surface area is 160 Å². The van der Waals surface area contributed by atoms with Crippen molar-refractivity contribution < 1.29 is 14.3 Å². The number of aromatic nitrogens is 3. The summed E-state index contributed by atoms with van der Waals surface area (Å²) in [6.07, 6.45) is 2.48. The summed E-state index contributed by atoms with van der Waals surface area (Å²) in [5.41, 5.74) is 1.60. The van der Waals surface area contributed by atoms with Crippen LogP contribution < -0.4 is 14.8 Å². The second-order valence-electron chi connectivity index (χ2n) is 5.86. The number of amides is 1. The molecule has 0 fully saturated rings. The lowest BCUT2D eigenvalue weighted by Crippen LogP contribution is -2.14. The predicted octanol–water partition coefficient (Wildman–Crippen LogP) is 3.16. The molecule has 0 spiro atoms. The fourth-order valence-electron chi connectivity index (χ4n) is 2.59. The van der Waals surface area contributed by atoms with E-state index >= 15 is 0 Å². The van der Waals surface area contributed by atoms with E-state index in [1.807, 2.05) is 36.4 Å². The Morgan fingerprint density at radius 1 is 1.11 bits per heavy atom. The van der Waals surface area contributed by atoms with E-state index in [-0.39, 0.29) is 11.7 Å². The van der Waals surface area contributed by atoms with E-state index in [9.17, 15) is 4.79 Å². The van der Waals surface area contributed by atoms with Gasteiger partial charge < -0.3 is 14.8 Å². The molecule has 2 heterocycles. The fraction of sp³-hybridized carbons (Fsp3) is 0.211. The third-order valence-electron chi connectivity index (χ3n) is 3.86. The largest absolute Gasteiger partial charge is 0.490 e. The average Bonchev–Trinajstić information content (AvgIpc) is 3.05. The first-order chi connectivity index (χ1) is 13.3. The Bertz CT molecular complexity index is 930. The number of carbonyl (C=O) groups excluding carboxylic acids is 1. The molecule has 3 aromatic rings. The number of nitrogens with zero attached hydrogens (tertiary/aromatic N) is 3. The quantitative estimate of drug-likeness (QED) is 0.683. The molecule has 27 heavy (non-hydrogen) atoms. The number of anilines is 1. The van der Waals surface area contributed by atoms with Gasteiger partial charge in [-0.05, 0) is 24.3 Å². The first kappa shape index (κ1) is 17.4. The van der Waals surface area contributed by atoms with Crippen molar-refractivity contribution in [3.8, 4) is 17.2 Å². The normalized spacial score (nSPS) is 13.0. The molecular formula is C19H18N4O3S. The summed E-state index contributed by atoms with van der Waals surface area (Å²) in [4.78, 5) is 16.5. The summed E-state index contributed by atoms with van der Waals surface area (Å²) in [5, 5.41) is 7.79. The van der Waals surface area contributed by atoms with Gasteiger partial charge in [0.2, 0.25) is 11.1 Å². The van der Waals surface area contributed by atoms with Crippen LogP contribution in [-0.2, 0) is 4.79 Å². The Balaban J connectivity index is 1.34. The van der Waals surface area contributed by atoms with Crippen LogP contribution in [0.1, 0.15) is 6.42 Å². The Kier molecular flexibility index (Phi) is 5.24. The van der Waals surface area contributed by atoms with E-state index in [0.717, 1.165) is 12.1 Å². The van der Waals surface area contributed by atoms with Gasteiger partial charge >= 0.3 is 0 Å². The van der Waals surface area contributed by atoms with Crippen molar-refractivity contribution >= 4 is 23.4 Å². The van der Waals surface area contributed by atoms with Crippen molar-refractivity contribution in [3.05, 3.63) is 54.9 Å². The number of para-hydroxylation sites is 1. The summed E-state index contributed by atoms with van der Waals surface area (Å²) in [5.74, 6) is 1.44. The zero-order valence-corrected chi connectivity index (χ0v) is 15.3. The molecule has 1 aromatic heterocycles. The molecule has 0 radical (unpaired) electrons. The molecule has 0 unspecified atom stereocenters. The number of benzene rings is 2. The van der Waals surface area contributed by atoms with Crippen molar-refractivity contribution in [2.45, 2.75) is 11.6 Å². The Morgan fingerprint density at radius 2 is 1.93 bits per heavy atom. The van der Waals surface area contributed by atoms with Crippen molar-refractivity contribution in [1.29, 1.82) is 0 Å². The van der Waals surface area contributed by atoms with Gasteiger partial charge in [-0.2, -0.15) is 0 Å². The third-order valence-corrected chi connectivity index (χ3v) is 4.71. The molecule has 8 heteroatoms. The van der Waals surface area contributed by atoms with Crippen LogP contribution in [-0.4, -0.2) is 39.6 Å². The molecule has 0 saturated carbocycles. The molecule has 1 N–H and O–H groups in total. The molecule has 1 aliphatic rings. The molecule has 1 aliphatic heterocycles. The van der Waals surface area contributed by atoms with Crippen LogP contribution in [0.2, 0.25) is 0 Å². The van der Waals surface area contributed by atoms with Gasteiger partial charge in [-0.15, -0.1) is 5.10 Å². The van der Waals surface area contributed by atoms with Crippen molar-refractivity contribution in [2.75, 3.05) is 24.3 Å². The van der Waals surface area contributed by atoms with Crippen molar-refractivity contribution in [3.63, 3.8) is 0 Å². The summed E-state index contributed by atoms with van der Waals surface area (Å²) >= 11 is 1.28. The van der Waals surface area contributed by atoms with Gasteiger partial charge in [-0.25, -0.2) is 9.67 Å². The standard InChI is InChI=1S/C19H18N4O3S/c24-18(21-14-7-8-16-17(11-14)26-10-4-9-25-16)12-27-19-20-13-23(22-19)15-5-2-1-3-6-15/h1-3,5-8,11,13H,4,9-10,12H2,(H,21,24). The zero-order valence-electron chi connectivity index (χ0n) is 14.5. The second kappa shape index (κ2) is 8.13. The molecule has 0 atom stereocenters. The highest BCUT2D eigenvalue weighted by atomic mass is 32.2. The lowest BCUT2D eigenvalue weighted by atomic mass is 10.2. The van der Waals surface area contributed by atoms with E-state index in [1.165, 1.54) is 11.8 Å². The number of hydrogen-bond acceptors (Lipinski definition) is 6. The summed E-state index contributed by atoms with van der Waals surface area (Å²) in [6.45, 7) is 1.24. The van der Waals surface area contributed by atoms with Crippen molar-refractivity contribution in [1.82, 2.24) is 14.8 Å². The van der Waals surface area contributed by atoms with Crippen molar-refractivity contribution in [2.24, 2.45) is 0 Å². The van der Waals surface area contributed by atoms with Gasteiger partial charge in [-0.1, -0.05) is 30.0 Å². The van der Waals surface area contributed by atoms with Crippen LogP contribution in [0.5, 0.6) is 11.5 Å². The van der Waals surface area contributed by atoms with E-state index < -0.39 is 0 Å². The minimum absolute atomic E-state index is 0.134. The number of thioether (sulfide) groups is 1. The number of ether oxygens (including phenoxy) is 2. The number of fused-ring (bicyclic) bond motifs is 1. The molecule has 0 saturated heterocycles. The minimum Gasteiger partial charge on any atom is -0.490 e. The molecule has 0 aliphatic carbocycles. The highest BCUT2D eigenvalue weighted by Gasteiger charge is 2.13. The zero-order chi connectivity index (χ0) is 18.5. The van der Waals surface area contributed by atoms with Gasteiger partial charge in [0.15, 0.2) is 11.5 Å². The highest BCUT2D eigenvalue weighted by Crippen LogP contribution is 2.32. The minimum atomic E-state index is -0.134. The lowest BCUT2D eigenvalue weighted by Gasteiger charge is -2.10. The number of hydrogen-bond donors (Lipinski definition) is 1. The second-order valence-corrected chi connectivity index (χ2v) is 6.80. The maximum atomic E-state index is 12.2. The number of nitrogens with one attached hydrogen (secondary N) is 1. The van der Waals surface area contributed by atoms with Gasteiger partial charge in [0.1, 0.15) is 6.33 Å². The molecule has 7 nitrogen and oxygen atoms in total. The van der Waals surface area contributed by atoms with Gasteiger partial charge in [0.05, 0.1) is 24.7 Å². The van der Waals surface area contributed by atoms with Crippen LogP contribution in [0.25, 0.3) is 5.69 Å². The van der Waals surface area contributed by atoms with E-state index in [1.54, 1.807) is 23.1 Å². The average molecular weight is 382 g/mol. The summed E-state index contributed by atoms with van der Waals surface area (Å²) in [6, 6.07) is 15.1. The van der Waals surface area contributed by atoms with Crippen LogP contribution in [0.4, 0.5) is 5.69 Å². The van der Waals surface area contributed by atoms with Crippen LogP contribution >= 0.6 is 11.8 Å². The number of rotatable bonds is 5. The molecule has 1 amide bonds. The molecule has 138 valence electrons. The Morgan fingerprint density at radius 3 is 2.78 bits per heavy atom. The molecular weight excluding hydrogens is 364 g/mol. The Hall–Kier alpha value is -3.00. The maximum absolute atomic E-state index is 12.2. The maximum Gasteiger partial charge on any atom is 0.234 e. The van der Waals surface area contributed by atoms with E-state index in [2.05, 4.69) is 15.4 Å². The lowest BCUT2D eigenvalue weighted by molar-refractivity contribution is -0.113. The predicted molar refractivity (Wildman–Crippen MR) is 103 cm³/mol. The molecule has 0 bridgehead atoms. The first-order valence-corrected chi connectivity index (χ1v) is 9.56. The highest BCUT2D eigenvalue weighted by molar-refractivity contribution is 7.99. The number of carbonyl (C=O) groups is 1. The van der Waals surface area contributed by atoms with E-state index in [0.29, 0.717) is 35.6 Å². The topological polar surface area (TPSA) is 78.3 Å². The van der Waals surface area contributed by atoms with Crippen LogP contribution in [0, 0.1) is 0 Å². The third kappa shape index (κ3) is 4.40. The van der Waals surface area contributed by atoms with Gasteiger partial charge in [-0.3, -0.25) is 4.79 Å². The first-order valence-electron chi connectivity index (χ1n) is 8.57. The smallest absolute Gasteiger partial charge is 0.234 e. The fourth-order valence-corrected chi connectivity index (χ4v) is 3.19. The van der Waals surface area contributed by atoms with Gasteiger partial charge in [0, 0.05) is 18.2 Å². The summed E-state index contributed by atoms with van der Waals surface area (Å²) < 4.78 is 12.9. The van der Waals surface area contributed by atoms with Crippen LogP contribution in [0.3, 0.4) is 0 Å². The van der Waals surface area contributed by atoms with Gasteiger partial charge in [0.25, 0.3) is 0 Å². The SMILES string of the molecule is O=C(CSc1ncn(-c2ccccc2)n1)Nc1ccc2c(c1)OCCCO2. The molecule has 4 rings (SSSR count). The van der Waals surface area contributed by atoms with E-state index in [4.69, 9.17) is 9.47 Å². The molecule has 2 aromatic carbocycles.